The Morgan fingerprint density at radius 2 is 1.73 bits per heavy atom. The summed E-state index contributed by atoms with van der Waals surface area (Å²) >= 11 is 0. The number of amides is 2. The van der Waals surface area contributed by atoms with E-state index in [4.69, 9.17) is 0 Å². The van der Waals surface area contributed by atoms with Crippen LogP contribution in [0.15, 0.2) is 36.4 Å². The highest BCUT2D eigenvalue weighted by Gasteiger charge is 2.27. The monoisotopic (exact) mass is 407 g/mol. The Balaban J connectivity index is 1.37. The molecule has 2 amide bonds. The largest absolute Gasteiger partial charge is 0.353 e. The topological polar surface area (TPSA) is 95.7 Å². The Bertz CT molecular complexity index is 1070. The van der Waals surface area contributed by atoms with Gasteiger partial charge in [-0.1, -0.05) is 18.2 Å². The maximum atomic E-state index is 12.8. The van der Waals surface area contributed by atoms with E-state index < -0.39 is 6.04 Å². The van der Waals surface area contributed by atoms with E-state index >= 15 is 0 Å². The first-order valence-electron chi connectivity index (χ1n) is 10.0. The van der Waals surface area contributed by atoms with E-state index in [1.165, 1.54) is 0 Å². The lowest BCUT2D eigenvalue weighted by Crippen LogP contribution is -2.54. The number of nitrogens with one attached hydrogen (secondary N) is 1. The molecule has 1 aliphatic rings. The molecule has 0 unspecified atom stereocenters. The van der Waals surface area contributed by atoms with Gasteiger partial charge in [-0.15, -0.1) is 10.2 Å². The number of fused-ring (bicyclic) bond motifs is 1. The second kappa shape index (κ2) is 8.10. The molecule has 9 nitrogen and oxygen atoms in total. The van der Waals surface area contributed by atoms with Gasteiger partial charge < -0.3 is 15.1 Å². The molecule has 4 rings (SSSR count). The van der Waals surface area contributed by atoms with Crippen molar-refractivity contribution in [3.63, 3.8) is 0 Å². The SMILES string of the molecule is Cc1cc(N2CCN(C(=O)[C@@H](C)NC(=O)c3ccccc3)CC2)nc2nnc(C)n12. The van der Waals surface area contributed by atoms with Gasteiger partial charge in [0.2, 0.25) is 5.91 Å². The Labute approximate surface area is 174 Å². The highest BCUT2D eigenvalue weighted by Crippen LogP contribution is 2.18. The number of aromatic nitrogens is 4. The molecular formula is C21H25N7O2. The Hall–Kier alpha value is -3.49. The van der Waals surface area contributed by atoms with Gasteiger partial charge in [-0.3, -0.25) is 14.0 Å². The molecule has 1 N–H and O–H groups in total. The van der Waals surface area contributed by atoms with Crippen LogP contribution in [0.5, 0.6) is 0 Å². The van der Waals surface area contributed by atoms with Crippen LogP contribution in [0.25, 0.3) is 5.78 Å². The molecule has 1 aromatic carbocycles. The molecule has 0 spiro atoms. The summed E-state index contributed by atoms with van der Waals surface area (Å²) in [6.07, 6.45) is 0. The minimum atomic E-state index is -0.583. The molecule has 0 radical (unpaired) electrons. The molecule has 1 fully saturated rings. The predicted octanol–water partition coefficient (Wildman–Crippen LogP) is 1.21. The van der Waals surface area contributed by atoms with Crippen molar-refractivity contribution in [3.8, 4) is 0 Å². The van der Waals surface area contributed by atoms with Crippen LogP contribution in [0.4, 0.5) is 5.82 Å². The number of carbonyl (C=O) groups excluding carboxylic acids is 2. The fourth-order valence-corrected chi connectivity index (χ4v) is 3.75. The molecule has 1 aliphatic heterocycles. The summed E-state index contributed by atoms with van der Waals surface area (Å²) in [5.74, 6) is 1.91. The highest BCUT2D eigenvalue weighted by molar-refractivity contribution is 5.97. The average Bonchev–Trinajstić information content (AvgIpc) is 3.15. The molecule has 9 heteroatoms. The molecule has 156 valence electrons. The van der Waals surface area contributed by atoms with E-state index in [0.717, 1.165) is 17.3 Å². The van der Waals surface area contributed by atoms with Crippen LogP contribution >= 0.6 is 0 Å². The van der Waals surface area contributed by atoms with Crippen LogP contribution in [-0.2, 0) is 4.79 Å². The third-order valence-corrected chi connectivity index (χ3v) is 5.38. The predicted molar refractivity (Wildman–Crippen MR) is 112 cm³/mol. The highest BCUT2D eigenvalue weighted by atomic mass is 16.2. The van der Waals surface area contributed by atoms with Crippen LogP contribution in [0.1, 0.15) is 28.8 Å². The summed E-state index contributed by atoms with van der Waals surface area (Å²) in [4.78, 5) is 33.7. The van der Waals surface area contributed by atoms with Crippen LogP contribution in [0.2, 0.25) is 0 Å². The van der Waals surface area contributed by atoms with Gasteiger partial charge in [0, 0.05) is 43.5 Å². The molecule has 0 bridgehead atoms. The summed E-state index contributed by atoms with van der Waals surface area (Å²) in [5.41, 5.74) is 1.57. The first kappa shape index (κ1) is 19.8. The second-order valence-electron chi connectivity index (χ2n) is 7.51. The average molecular weight is 407 g/mol. The zero-order chi connectivity index (χ0) is 21.3. The van der Waals surface area contributed by atoms with Crippen LogP contribution in [-0.4, -0.2) is 68.5 Å². The van der Waals surface area contributed by atoms with Gasteiger partial charge in [0.1, 0.15) is 17.7 Å². The Kier molecular flexibility index (Phi) is 5.35. The van der Waals surface area contributed by atoms with Gasteiger partial charge in [-0.2, -0.15) is 4.98 Å². The molecule has 3 aromatic rings. The maximum Gasteiger partial charge on any atom is 0.257 e. The number of hydrogen-bond donors (Lipinski definition) is 1. The molecule has 30 heavy (non-hydrogen) atoms. The van der Waals surface area contributed by atoms with Crippen LogP contribution < -0.4 is 10.2 Å². The number of rotatable bonds is 4. The van der Waals surface area contributed by atoms with Crippen molar-refractivity contribution in [3.05, 3.63) is 53.5 Å². The zero-order valence-electron chi connectivity index (χ0n) is 17.4. The molecular weight excluding hydrogens is 382 g/mol. The number of anilines is 1. The number of hydrogen-bond acceptors (Lipinski definition) is 6. The Morgan fingerprint density at radius 3 is 2.43 bits per heavy atom. The first-order chi connectivity index (χ1) is 14.4. The molecule has 2 aromatic heterocycles. The van der Waals surface area contributed by atoms with Crippen molar-refractivity contribution in [2.75, 3.05) is 31.1 Å². The van der Waals surface area contributed by atoms with Gasteiger partial charge in [0.15, 0.2) is 0 Å². The lowest BCUT2D eigenvalue weighted by atomic mass is 10.2. The Morgan fingerprint density at radius 1 is 1.03 bits per heavy atom. The fraction of sp³-hybridized carbons (Fsp3) is 0.381. The van der Waals surface area contributed by atoms with Crippen molar-refractivity contribution in [2.24, 2.45) is 0 Å². The fourth-order valence-electron chi connectivity index (χ4n) is 3.75. The van der Waals surface area contributed by atoms with E-state index in [0.29, 0.717) is 37.5 Å². The third-order valence-electron chi connectivity index (χ3n) is 5.38. The number of benzene rings is 1. The van der Waals surface area contributed by atoms with Gasteiger partial charge in [-0.25, -0.2) is 0 Å². The van der Waals surface area contributed by atoms with Crippen LogP contribution in [0.3, 0.4) is 0 Å². The molecule has 1 atom stereocenters. The first-order valence-corrected chi connectivity index (χ1v) is 10.0. The smallest absolute Gasteiger partial charge is 0.257 e. The van der Waals surface area contributed by atoms with Crippen molar-refractivity contribution in [2.45, 2.75) is 26.8 Å². The molecule has 0 saturated carbocycles. The molecule has 0 aliphatic carbocycles. The van der Waals surface area contributed by atoms with Crippen molar-refractivity contribution < 1.29 is 9.59 Å². The number of aryl methyl sites for hydroxylation is 2. The number of piperazine rings is 1. The third kappa shape index (κ3) is 3.83. The van der Waals surface area contributed by atoms with E-state index in [-0.39, 0.29) is 11.8 Å². The van der Waals surface area contributed by atoms with Crippen molar-refractivity contribution in [1.29, 1.82) is 0 Å². The van der Waals surface area contributed by atoms with Crippen LogP contribution in [0, 0.1) is 13.8 Å². The summed E-state index contributed by atoms with van der Waals surface area (Å²) < 4.78 is 1.92. The van der Waals surface area contributed by atoms with Gasteiger partial charge >= 0.3 is 0 Å². The van der Waals surface area contributed by atoms with Gasteiger partial charge in [0.25, 0.3) is 11.7 Å². The summed E-state index contributed by atoms with van der Waals surface area (Å²) in [6, 6.07) is 10.3. The lowest BCUT2D eigenvalue weighted by Gasteiger charge is -2.36. The normalized spacial score (nSPS) is 15.3. The van der Waals surface area contributed by atoms with Crippen molar-refractivity contribution in [1.82, 2.24) is 29.8 Å². The summed E-state index contributed by atoms with van der Waals surface area (Å²) in [6.45, 7) is 8.11. The van der Waals surface area contributed by atoms with Gasteiger partial charge in [0.05, 0.1) is 0 Å². The minimum absolute atomic E-state index is 0.0772. The molecule has 3 heterocycles. The summed E-state index contributed by atoms with van der Waals surface area (Å²) in [7, 11) is 0. The second-order valence-corrected chi connectivity index (χ2v) is 7.51. The van der Waals surface area contributed by atoms with Crippen molar-refractivity contribution >= 4 is 23.4 Å². The van der Waals surface area contributed by atoms with E-state index in [9.17, 15) is 9.59 Å². The van der Waals surface area contributed by atoms with Gasteiger partial charge in [-0.05, 0) is 32.9 Å². The number of nitrogens with zero attached hydrogens (tertiary/aromatic N) is 6. The minimum Gasteiger partial charge on any atom is -0.353 e. The quantitative estimate of drug-likeness (QED) is 0.698. The zero-order valence-corrected chi connectivity index (χ0v) is 17.4. The number of carbonyl (C=O) groups is 2. The van der Waals surface area contributed by atoms with E-state index in [2.05, 4.69) is 25.4 Å². The van der Waals surface area contributed by atoms with E-state index in [1.807, 2.05) is 30.4 Å². The summed E-state index contributed by atoms with van der Waals surface area (Å²) in [5, 5.41) is 11.0. The van der Waals surface area contributed by atoms with E-state index in [1.54, 1.807) is 36.1 Å². The molecule has 1 saturated heterocycles. The maximum absolute atomic E-state index is 12.8. The lowest BCUT2D eigenvalue weighted by molar-refractivity contribution is -0.133. The standard InChI is InChI=1S/C21H25N7O2/c1-14-13-18(23-21-25-24-16(3)28(14)21)26-9-11-27(12-10-26)20(30)15(2)22-19(29)17-7-5-4-6-8-17/h4-8,13,15H,9-12H2,1-3H3,(H,22,29)/t15-/m1/s1.